The van der Waals surface area contributed by atoms with Gasteiger partial charge in [0, 0.05) is 43.7 Å². The van der Waals surface area contributed by atoms with E-state index in [0.717, 1.165) is 30.0 Å². The Morgan fingerprint density at radius 1 is 1.50 bits per heavy atom. The van der Waals surface area contributed by atoms with Crippen molar-refractivity contribution in [3.05, 3.63) is 47.5 Å². The zero-order valence-corrected chi connectivity index (χ0v) is 10.4. The molecular weight excluding hydrogens is 229 g/mol. The van der Waals surface area contributed by atoms with Gasteiger partial charge in [0.2, 0.25) is 0 Å². The molecule has 0 radical (unpaired) electrons. The van der Waals surface area contributed by atoms with Gasteiger partial charge in [-0.3, -0.25) is 0 Å². The molecule has 1 N–H and O–H groups in total. The lowest BCUT2D eigenvalue weighted by Gasteiger charge is -2.13. The van der Waals surface area contributed by atoms with Gasteiger partial charge in [-0.2, -0.15) is 0 Å². The summed E-state index contributed by atoms with van der Waals surface area (Å²) in [5.74, 6) is 0.776. The minimum absolute atomic E-state index is 0.321. The van der Waals surface area contributed by atoms with Crippen molar-refractivity contribution in [2.45, 2.75) is 19.0 Å². The summed E-state index contributed by atoms with van der Waals surface area (Å²) in [6.45, 7) is 0.904. The molecular formula is C14H16FN3. The third kappa shape index (κ3) is 1.88. The van der Waals surface area contributed by atoms with Gasteiger partial charge in [0.15, 0.2) is 0 Å². The van der Waals surface area contributed by atoms with Crippen molar-refractivity contribution in [2.75, 3.05) is 11.9 Å². The SMILES string of the molecule is Cn1ccnc1CC(F)c1cccc2c1NCC2. The highest BCUT2D eigenvalue weighted by Crippen LogP contribution is 2.33. The van der Waals surface area contributed by atoms with Crippen molar-refractivity contribution in [3.8, 4) is 0 Å². The van der Waals surface area contributed by atoms with Gasteiger partial charge in [0.25, 0.3) is 0 Å². The maximum Gasteiger partial charge on any atom is 0.134 e. The molecule has 1 aliphatic rings. The molecule has 0 amide bonds. The minimum atomic E-state index is -1.01. The van der Waals surface area contributed by atoms with Crippen LogP contribution in [0.15, 0.2) is 30.6 Å². The molecule has 0 spiro atoms. The summed E-state index contributed by atoms with van der Waals surface area (Å²) in [5, 5.41) is 3.28. The number of alkyl halides is 1. The number of fused-ring (bicyclic) bond motifs is 1. The average Bonchev–Trinajstić information content (AvgIpc) is 2.98. The monoisotopic (exact) mass is 245 g/mol. The fourth-order valence-corrected chi connectivity index (χ4v) is 2.49. The zero-order chi connectivity index (χ0) is 12.5. The van der Waals surface area contributed by atoms with Crippen molar-refractivity contribution in [1.82, 2.24) is 9.55 Å². The smallest absolute Gasteiger partial charge is 0.134 e. The van der Waals surface area contributed by atoms with Crippen molar-refractivity contribution >= 4 is 5.69 Å². The second-order valence-electron chi connectivity index (χ2n) is 4.68. The predicted octanol–water partition coefficient (Wildman–Crippen LogP) is 2.64. The number of aryl methyl sites for hydroxylation is 1. The minimum Gasteiger partial charge on any atom is -0.384 e. The van der Waals surface area contributed by atoms with Gasteiger partial charge in [0.05, 0.1) is 0 Å². The number of imidazole rings is 1. The topological polar surface area (TPSA) is 29.9 Å². The predicted molar refractivity (Wildman–Crippen MR) is 69.4 cm³/mol. The van der Waals surface area contributed by atoms with Crippen LogP contribution in [-0.4, -0.2) is 16.1 Å². The first-order chi connectivity index (χ1) is 8.75. The Kier molecular flexibility index (Phi) is 2.78. The van der Waals surface area contributed by atoms with Crippen LogP contribution in [0.4, 0.5) is 10.1 Å². The Labute approximate surface area is 106 Å². The highest BCUT2D eigenvalue weighted by molar-refractivity contribution is 5.62. The Morgan fingerprint density at radius 2 is 2.39 bits per heavy atom. The number of para-hydroxylation sites is 1. The summed E-state index contributed by atoms with van der Waals surface area (Å²) in [4.78, 5) is 4.18. The number of anilines is 1. The third-order valence-corrected chi connectivity index (χ3v) is 3.50. The van der Waals surface area contributed by atoms with Crippen LogP contribution in [-0.2, 0) is 19.9 Å². The summed E-state index contributed by atoms with van der Waals surface area (Å²) in [7, 11) is 1.89. The first-order valence-corrected chi connectivity index (χ1v) is 6.21. The van der Waals surface area contributed by atoms with Gasteiger partial charge in [-0.05, 0) is 12.0 Å². The fourth-order valence-electron chi connectivity index (χ4n) is 2.49. The summed E-state index contributed by atoms with van der Waals surface area (Å²) in [6, 6.07) is 5.86. The van der Waals surface area contributed by atoms with Crippen LogP contribution in [0.3, 0.4) is 0 Å². The number of nitrogens with one attached hydrogen (secondary N) is 1. The van der Waals surface area contributed by atoms with Gasteiger partial charge in [-0.1, -0.05) is 18.2 Å². The van der Waals surface area contributed by atoms with Crippen LogP contribution in [0.1, 0.15) is 23.1 Å². The molecule has 2 heterocycles. The molecule has 0 saturated carbocycles. The van der Waals surface area contributed by atoms with Crippen LogP contribution < -0.4 is 5.32 Å². The molecule has 0 fully saturated rings. The lowest BCUT2D eigenvalue weighted by atomic mass is 10.0. The number of aromatic nitrogens is 2. The Bertz CT molecular complexity index is 562. The number of nitrogens with zero attached hydrogens (tertiary/aromatic N) is 2. The number of hydrogen-bond donors (Lipinski definition) is 1. The molecule has 1 aromatic heterocycles. The van der Waals surface area contributed by atoms with Gasteiger partial charge >= 0.3 is 0 Å². The van der Waals surface area contributed by atoms with Crippen LogP contribution in [0.2, 0.25) is 0 Å². The maximum atomic E-state index is 14.4. The van der Waals surface area contributed by atoms with Gasteiger partial charge in [-0.15, -0.1) is 0 Å². The average molecular weight is 245 g/mol. The van der Waals surface area contributed by atoms with E-state index in [1.54, 1.807) is 6.20 Å². The van der Waals surface area contributed by atoms with Crippen LogP contribution in [0, 0.1) is 0 Å². The van der Waals surface area contributed by atoms with E-state index in [1.807, 2.05) is 29.9 Å². The molecule has 1 aromatic carbocycles. The summed E-state index contributed by atoms with van der Waals surface area (Å²) in [5.41, 5.74) is 2.96. The van der Waals surface area contributed by atoms with E-state index in [9.17, 15) is 4.39 Å². The summed E-state index contributed by atoms with van der Waals surface area (Å²) < 4.78 is 16.3. The standard InChI is InChI=1S/C14H16FN3/c1-18-8-7-16-13(18)9-12(15)11-4-2-3-10-5-6-17-14(10)11/h2-4,7-8,12,17H,5-6,9H2,1H3. The Hall–Kier alpha value is -1.84. The quantitative estimate of drug-likeness (QED) is 0.901. The third-order valence-electron chi connectivity index (χ3n) is 3.50. The molecule has 3 nitrogen and oxygen atoms in total. The Balaban J connectivity index is 1.87. The molecule has 2 aromatic rings. The van der Waals surface area contributed by atoms with Gasteiger partial charge in [0.1, 0.15) is 12.0 Å². The zero-order valence-electron chi connectivity index (χ0n) is 10.4. The second-order valence-corrected chi connectivity index (χ2v) is 4.68. The Morgan fingerprint density at radius 3 is 3.17 bits per heavy atom. The van der Waals surface area contributed by atoms with Gasteiger partial charge in [-0.25, -0.2) is 9.37 Å². The molecule has 4 heteroatoms. The highest BCUT2D eigenvalue weighted by Gasteiger charge is 2.21. The number of hydrogen-bond acceptors (Lipinski definition) is 2. The van der Waals surface area contributed by atoms with E-state index in [1.165, 1.54) is 5.56 Å². The molecule has 1 atom stereocenters. The highest BCUT2D eigenvalue weighted by atomic mass is 19.1. The molecule has 0 saturated heterocycles. The number of benzene rings is 1. The van der Waals surface area contributed by atoms with Crippen molar-refractivity contribution in [2.24, 2.45) is 7.05 Å². The summed E-state index contributed by atoms with van der Waals surface area (Å²) >= 11 is 0. The lowest BCUT2D eigenvalue weighted by molar-refractivity contribution is 0.335. The second kappa shape index (κ2) is 4.44. The normalized spacial score (nSPS) is 15.2. The first kappa shape index (κ1) is 11.3. The van der Waals surface area contributed by atoms with Crippen LogP contribution in [0.25, 0.3) is 0 Å². The molecule has 94 valence electrons. The van der Waals surface area contributed by atoms with E-state index >= 15 is 0 Å². The molecule has 18 heavy (non-hydrogen) atoms. The molecule has 1 aliphatic heterocycles. The number of halogens is 1. The van der Waals surface area contributed by atoms with E-state index < -0.39 is 6.17 Å². The first-order valence-electron chi connectivity index (χ1n) is 6.21. The van der Waals surface area contributed by atoms with Gasteiger partial charge < -0.3 is 9.88 Å². The molecule has 0 bridgehead atoms. The van der Waals surface area contributed by atoms with Crippen LogP contribution >= 0.6 is 0 Å². The van der Waals surface area contributed by atoms with E-state index in [-0.39, 0.29) is 0 Å². The lowest BCUT2D eigenvalue weighted by Crippen LogP contribution is -2.05. The van der Waals surface area contributed by atoms with Crippen molar-refractivity contribution in [1.29, 1.82) is 0 Å². The van der Waals surface area contributed by atoms with E-state index in [0.29, 0.717) is 6.42 Å². The summed E-state index contributed by atoms with van der Waals surface area (Å²) in [6.07, 6.45) is 3.84. The molecule has 0 aliphatic carbocycles. The van der Waals surface area contributed by atoms with Crippen molar-refractivity contribution < 1.29 is 4.39 Å². The van der Waals surface area contributed by atoms with Crippen LogP contribution in [0.5, 0.6) is 0 Å². The molecule has 1 unspecified atom stereocenters. The van der Waals surface area contributed by atoms with E-state index in [4.69, 9.17) is 0 Å². The van der Waals surface area contributed by atoms with E-state index in [2.05, 4.69) is 16.4 Å². The molecule has 3 rings (SSSR count). The van der Waals surface area contributed by atoms with Crippen molar-refractivity contribution in [3.63, 3.8) is 0 Å². The number of rotatable bonds is 3. The fraction of sp³-hybridized carbons (Fsp3) is 0.357. The maximum absolute atomic E-state index is 14.4. The largest absolute Gasteiger partial charge is 0.384 e.